The number of carbonyl (C=O) groups is 2. The van der Waals surface area contributed by atoms with Crippen LogP contribution in [0.5, 0.6) is 0 Å². The van der Waals surface area contributed by atoms with Gasteiger partial charge >= 0.3 is 5.97 Å². The fraction of sp³-hybridized carbons (Fsp3) is 0.263. The topological polar surface area (TPSA) is 67.4 Å². The average Bonchev–Trinajstić information content (AvgIpc) is 2.59. The van der Waals surface area contributed by atoms with E-state index in [2.05, 4.69) is 10.6 Å². The molecule has 0 fully saturated rings. The van der Waals surface area contributed by atoms with Crippen molar-refractivity contribution in [1.82, 2.24) is 0 Å². The fourth-order valence-corrected chi connectivity index (χ4v) is 2.46. The van der Waals surface area contributed by atoms with E-state index in [0.29, 0.717) is 35.1 Å². The van der Waals surface area contributed by atoms with Gasteiger partial charge in [0.05, 0.1) is 12.2 Å². The van der Waals surface area contributed by atoms with E-state index in [4.69, 9.17) is 16.3 Å². The van der Waals surface area contributed by atoms with Gasteiger partial charge in [-0.3, -0.25) is 4.79 Å². The first-order valence-electron chi connectivity index (χ1n) is 8.08. The number of hydrogen-bond donors (Lipinski definition) is 2. The minimum Gasteiger partial charge on any atom is -0.462 e. The molecular weight excluding hydrogens is 340 g/mol. The lowest BCUT2D eigenvalue weighted by atomic mass is 10.1. The molecule has 2 aromatic rings. The summed E-state index contributed by atoms with van der Waals surface area (Å²) in [5.41, 5.74) is 2.63. The number of amides is 1. The van der Waals surface area contributed by atoms with Crippen LogP contribution in [0, 0.1) is 6.92 Å². The molecule has 0 aliphatic rings. The highest BCUT2D eigenvalue weighted by Crippen LogP contribution is 2.23. The number of ether oxygens (including phenoxy) is 1. The van der Waals surface area contributed by atoms with Crippen LogP contribution < -0.4 is 10.6 Å². The Bertz CT molecular complexity index is 762. The smallest absolute Gasteiger partial charge is 0.340 e. The molecule has 0 spiro atoms. The van der Waals surface area contributed by atoms with Crippen LogP contribution in [0.25, 0.3) is 0 Å². The summed E-state index contributed by atoms with van der Waals surface area (Å²) in [6, 6.07) is 12.4. The maximum absolute atomic E-state index is 12.1. The van der Waals surface area contributed by atoms with Crippen LogP contribution in [0.2, 0.25) is 5.02 Å². The number of esters is 1. The van der Waals surface area contributed by atoms with Crippen LogP contribution >= 0.6 is 11.6 Å². The third kappa shape index (κ3) is 5.22. The van der Waals surface area contributed by atoms with Crippen molar-refractivity contribution in [3.05, 3.63) is 58.6 Å². The van der Waals surface area contributed by atoms with Crippen molar-refractivity contribution in [2.45, 2.75) is 20.3 Å². The number of halogens is 1. The molecule has 0 atom stereocenters. The van der Waals surface area contributed by atoms with Gasteiger partial charge in [-0.1, -0.05) is 29.8 Å². The Morgan fingerprint density at radius 3 is 2.56 bits per heavy atom. The van der Waals surface area contributed by atoms with Gasteiger partial charge in [-0.2, -0.15) is 0 Å². The van der Waals surface area contributed by atoms with E-state index in [9.17, 15) is 9.59 Å². The zero-order valence-electron chi connectivity index (χ0n) is 14.3. The van der Waals surface area contributed by atoms with Gasteiger partial charge in [0.15, 0.2) is 0 Å². The summed E-state index contributed by atoms with van der Waals surface area (Å²) < 4.78 is 5.03. The Kier molecular flexibility index (Phi) is 6.83. The standard InChI is InChI=1S/C19H21ClN2O3/c1-3-25-19(24)14-7-4-5-9-17(14)21-12-11-18(23)22-16-10-6-8-15(20)13(16)2/h4-10,21H,3,11-12H2,1-2H3,(H,22,23). The lowest BCUT2D eigenvalue weighted by molar-refractivity contribution is -0.115. The van der Waals surface area contributed by atoms with E-state index in [1.165, 1.54) is 0 Å². The zero-order chi connectivity index (χ0) is 18.2. The molecule has 1 amide bonds. The molecule has 0 radical (unpaired) electrons. The third-order valence-corrected chi connectivity index (χ3v) is 4.04. The summed E-state index contributed by atoms with van der Waals surface area (Å²) in [5, 5.41) is 6.56. The van der Waals surface area contributed by atoms with Crippen molar-refractivity contribution in [3.63, 3.8) is 0 Å². The van der Waals surface area contributed by atoms with Gasteiger partial charge in [0.1, 0.15) is 0 Å². The van der Waals surface area contributed by atoms with E-state index in [1.807, 2.05) is 19.1 Å². The van der Waals surface area contributed by atoms with Gasteiger partial charge in [-0.25, -0.2) is 4.79 Å². The van der Waals surface area contributed by atoms with Crippen LogP contribution in [-0.4, -0.2) is 25.0 Å². The summed E-state index contributed by atoms with van der Waals surface area (Å²) in [5.74, 6) is -0.518. The largest absolute Gasteiger partial charge is 0.462 e. The van der Waals surface area contributed by atoms with Crippen molar-refractivity contribution in [2.75, 3.05) is 23.8 Å². The Morgan fingerprint density at radius 1 is 1.08 bits per heavy atom. The summed E-state index contributed by atoms with van der Waals surface area (Å²) in [7, 11) is 0. The maximum atomic E-state index is 12.1. The van der Waals surface area contributed by atoms with Gasteiger partial charge in [-0.05, 0) is 43.7 Å². The molecule has 6 heteroatoms. The Morgan fingerprint density at radius 2 is 1.80 bits per heavy atom. The van der Waals surface area contributed by atoms with Crippen molar-refractivity contribution in [1.29, 1.82) is 0 Å². The summed E-state index contributed by atoms with van der Waals surface area (Å²) in [6.07, 6.45) is 0.253. The van der Waals surface area contributed by atoms with Crippen LogP contribution in [-0.2, 0) is 9.53 Å². The molecule has 0 aromatic heterocycles. The molecule has 25 heavy (non-hydrogen) atoms. The van der Waals surface area contributed by atoms with Gasteiger partial charge in [-0.15, -0.1) is 0 Å². The van der Waals surface area contributed by atoms with E-state index in [-0.39, 0.29) is 18.3 Å². The number of nitrogens with one attached hydrogen (secondary N) is 2. The second-order valence-corrected chi connectivity index (χ2v) is 5.81. The van der Waals surface area contributed by atoms with Gasteiger partial charge < -0.3 is 15.4 Å². The number of rotatable bonds is 7. The maximum Gasteiger partial charge on any atom is 0.340 e. The SMILES string of the molecule is CCOC(=O)c1ccccc1NCCC(=O)Nc1cccc(Cl)c1C. The molecule has 2 N–H and O–H groups in total. The van der Waals surface area contributed by atoms with E-state index >= 15 is 0 Å². The summed E-state index contributed by atoms with van der Waals surface area (Å²) >= 11 is 6.05. The lowest BCUT2D eigenvalue weighted by Gasteiger charge is -2.12. The summed E-state index contributed by atoms with van der Waals surface area (Å²) in [6.45, 7) is 4.32. The molecule has 0 heterocycles. The normalized spacial score (nSPS) is 10.2. The molecule has 2 rings (SSSR count). The minimum absolute atomic E-state index is 0.133. The van der Waals surface area contributed by atoms with Gasteiger partial charge in [0.2, 0.25) is 5.91 Å². The predicted molar refractivity (Wildman–Crippen MR) is 100 cm³/mol. The predicted octanol–water partition coefficient (Wildman–Crippen LogP) is 4.27. The van der Waals surface area contributed by atoms with Crippen molar-refractivity contribution in [3.8, 4) is 0 Å². The fourth-order valence-electron chi connectivity index (χ4n) is 2.29. The zero-order valence-corrected chi connectivity index (χ0v) is 15.0. The van der Waals surface area contributed by atoms with Gasteiger partial charge in [0.25, 0.3) is 0 Å². The Hall–Kier alpha value is -2.53. The molecule has 0 unspecified atom stereocenters. The first-order chi connectivity index (χ1) is 12.0. The number of para-hydroxylation sites is 1. The molecule has 0 saturated heterocycles. The number of carbonyl (C=O) groups excluding carboxylic acids is 2. The minimum atomic E-state index is -0.385. The Balaban J connectivity index is 1.91. The van der Waals surface area contributed by atoms with Crippen molar-refractivity contribution in [2.24, 2.45) is 0 Å². The third-order valence-electron chi connectivity index (χ3n) is 3.63. The molecule has 0 aliphatic heterocycles. The first-order valence-corrected chi connectivity index (χ1v) is 8.45. The molecule has 0 bridgehead atoms. The second kappa shape index (κ2) is 9.08. The molecule has 0 saturated carbocycles. The molecular formula is C19H21ClN2O3. The van der Waals surface area contributed by atoms with E-state index in [0.717, 1.165) is 5.56 Å². The van der Waals surface area contributed by atoms with Crippen LogP contribution in [0.3, 0.4) is 0 Å². The number of hydrogen-bond acceptors (Lipinski definition) is 4. The highest BCUT2D eigenvalue weighted by molar-refractivity contribution is 6.31. The van der Waals surface area contributed by atoms with Crippen molar-refractivity contribution < 1.29 is 14.3 Å². The number of benzene rings is 2. The van der Waals surface area contributed by atoms with Crippen LogP contribution in [0.4, 0.5) is 11.4 Å². The van der Waals surface area contributed by atoms with Crippen LogP contribution in [0.1, 0.15) is 29.3 Å². The average molecular weight is 361 g/mol. The summed E-state index contributed by atoms with van der Waals surface area (Å²) in [4.78, 5) is 24.0. The molecule has 2 aromatic carbocycles. The van der Waals surface area contributed by atoms with Crippen molar-refractivity contribution >= 4 is 34.9 Å². The van der Waals surface area contributed by atoms with Gasteiger partial charge in [0, 0.05) is 29.4 Å². The van der Waals surface area contributed by atoms with E-state index in [1.54, 1.807) is 37.3 Å². The second-order valence-electron chi connectivity index (χ2n) is 5.40. The lowest BCUT2D eigenvalue weighted by Crippen LogP contribution is -2.18. The first kappa shape index (κ1) is 18.8. The quantitative estimate of drug-likeness (QED) is 0.724. The Labute approximate surface area is 152 Å². The molecule has 5 nitrogen and oxygen atoms in total. The number of anilines is 2. The highest BCUT2D eigenvalue weighted by Gasteiger charge is 2.12. The molecule has 0 aliphatic carbocycles. The highest BCUT2D eigenvalue weighted by atomic mass is 35.5. The monoisotopic (exact) mass is 360 g/mol. The van der Waals surface area contributed by atoms with Crippen LogP contribution in [0.15, 0.2) is 42.5 Å². The molecule has 132 valence electrons. The van der Waals surface area contributed by atoms with E-state index < -0.39 is 0 Å².